The number of amides is 1. The predicted molar refractivity (Wildman–Crippen MR) is 205 cm³/mol. The van der Waals surface area contributed by atoms with Crippen molar-refractivity contribution >= 4 is 28.7 Å². The number of fused-ring (bicyclic) bond motifs is 1. The van der Waals surface area contributed by atoms with Gasteiger partial charge in [-0.3, -0.25) is 9.69 Å². The standard InChI is InChI=1S/C44H36N6O3/c51-31-48(38-24-26-52-29-38)37-20-12-13-32(27-37)42-39-28-33(22-23-40(39)50(46-42)41-21-10-11-25-53-41)43-45-30-49(47-43)44(34-14-4-1-5-15-34,35-16-6-2-7-17-35)36-18-8-3-9-19-36/h1-9,12-20,22-24,26-31,41H,10-11,21,25H2. The van der Waals surface area contributed by atoms with Crippen LogP contribution in [0.2, 0.25) is 0 Å². The first kappa shape index (κ1) is 32.3. The summed E-state index contributed by atoms with van der Waals surface area (Å²) in [6.45, 7) is 0.696. The predicted octanol–water partition coefficient (Wildman–Crippen LogP) is 9.39. The summed E-state index contributed by atoms with van der Waals surface area (Å²) in [6, 6.07) is 47.2. The van der Waals surface area contributed by atoms with Crippen LogP contribution >= 0.6 is 0 Å². The van der Waals surface area contributed by atoms with E-state index in [9.17, 15) is 4.79 Å². The first-order chi connectivity index (χ1) is 26.2. The number of carbonyl (C=O) groups is 1. The second-order valence-corrected chi connectivity index (χ2v) is 13.2. The molecule has 0 N–H and O–H groups in total. The van der Waals surface area contributed by atoms with Gasteiger partial charge in [0.25, 0.3) is 0 Å². The van der Waals surface area contributed by atoms with Crippen LogP contribution in [-0.4, -0.2) is 37.6 Å². The molecule has 0 bridgehead atoms. The molecule has 0 radical (unpaired) electrons. The van der Waals surface area contributed by atoms with Crippen LogP contribution in [0.1, 0.15) is 42.2 Å². The third-order valence-electron chi connectivity index (χ3n) is 10.1. The smallest absolute Gasteiger partial charge is 0.218 e. The number of aromatic nitrogens is 5. The molecule has 1 saturated heterocycles. The van der Waals surface area contributed by atoms with E-state index in [0.29, 0.717) is 23.8 Å². The van der Waals surface area contributed by atoms with Crippen LogP contribution in [0.5, 0.6) is 0 Å². The lowest BCUT2D eigenvalue weighted by Crippen LogP contribution is -2.38. The van der Waals surface area contributed by atoms with Gasteiger partial charge >= 0.3 is 0 Å². The van der Waals surface area contributed by atoms with E-state index >= 15 is 0 Å². The molecule has 9 heteroatoms. The van der Waals surface area contributed by atoms with Gasteiger partial charge in [-0.25, -0.2) is 14.3 Å². The molecule has 1 unspecified atom stereocenters. The van der Waals surface area contributed by atoms with Gasteiger partial charge in [0.2, 0.25) is 6.41 Å². The zero-order chi connectivity index (χ0) is 35.6. The normalized spacial score (nSPS) is 14.7. The third-order valence-corrected chi connectivity index (χ3v) is 10.1. The summed E-state index contributed by atoms with van der Waals surface area (Å²) in [5.41, 5.74) is 7.22. The number of carbonyl (C=O) groups excluding carboxylic acids is 1. The molecule has 3 aromatic heterocycles. The molecular formula is C44H36N6O3. The maximum Gasteiger partial charge on any atom is 0.218 e. The molecule has 1 amide bonds. The highest BCUT2D eigenvalue weighted by atomic mass is 16.5. The van der Waals surface area contributed by atoms with Gasteiger partial charge in [-0.15, -0.1) is 5.10 Å². The Morgan fingerprint density at radius 1 is 0.717 bits per heavy atom. The highest BCUT2D eigenvalue weighted by molar-refractivity contribution is 5.97. The van der Waals surface area contributed by atoms with Crippen molar-refractivity contribution in [1.82, 2.24) is 24.5 Å². The zero-order valence-electron chi connectivity index (χ0n) is 28.9. The van der Waals surface area contributed by atoms with Crippen molar-refractivity contribution in [3.8, 4) is 22.6 Å². The minimum absolute atomic E-state index is 0.174. The van der Waals surface area contributed by atoms with Gasteiger partial charge in [-0.2, -0.15) is 5.10 Å². The van der Waals surface area contributed by atoms with E-state index in [0.717, 1.165) is 70.1 Å². The van der Waals surface area contributed by atoms with E-state index in [1.807, 2.05) is 58.2 Å². The monoisotopic (exact) mass is 696 g/mol. The number of anilines is 2. The van der Waals surface area contributed by atoms with Crippen molar-refractivity contribution in [2.24, 2.45) is 0 Å². The molecule has 1 aliphatic heterocycles. The Hall–Kier alpha value is -6.58. The molecule has 5 aromatic carbocycles. The molecule has 8 aromatic rings. The highest BCUT2D eigenvalue weighted by Gasteiger charge is 2.39. The Morgan fingerprint density at radius 3 is 2.06 bits per heavy atom. The van der Waals surface area contributed by atoms with Gasteiger partial charge in [-0.1, -0.05) is 103 Å². The van der Waals surface area contributed by atoms with Crippen LogP contribution in [0.4, 0.5) is 11.4 Å². The van der Waals surface area contributed by atoms with E-state index in [-0.39, 0.29) is 6.23 Å². The molecule has 53 heavy (non-hydrogen) atoms. The summed E-state index contributed by atoms with van der Waals surface area (Å²) in [7, 11) is 0. The summed E-state index contributed by atoms with van der Waals surface area (Å²) in [5, 5.41) is 11.4. The molecule has 0 saturated carbocycles. The van der Waals surface area contributed by atoms with Crippen molar-refractivity contribution in [3.05, 3.63) is 175 Å². The Balaban J connectivity index is 1.20. The number of furan rings is 1. The van der Waals surface area contributed by atoms with Gasteiger partial charge in [0.1, 0.15) is 23.8 Å². The maximum atomic E-state index is 12.3. The van der Waals surface area contributed by atoms with Crippen molar-refractivity contribution in [1.29, 1.82) is 0 Å². The number of nitrogens with zero attached hydrogens (tertiary/aromatic N) is 6. The van der Waals surface area contributed by atoms with E-state index in [4.69, 9.17) is 24.3 Å². The van der Waals surface area contributed by atoms with E-state index in [2.05, 4.69) is 91.0 Å². The van der Waals surface area contributed by atoms with Crippen molar-refractivity contribution in [2.75, 3.05) is 11.5 Å². The number of ether oxygens (including phenoxy) is 1. The topological polar surface area (TPSA) is 91.2 Å². The van der Waals surface area contributed by atoms with Gasteiger partial charge in [-0.05, 0) is 66.3 Å². The van der Waals surface area contributed by atoms with Gasteiger partial charge in [0.15, 0.2) is 12.1 Å². The largest absolute Gasteiger partial charge is 0.470 e. The van der Waals surface area contributed by atoms with E-state index in [1.54, 1.807) is 23.5 Å². The second-order valence-electron chi connectivity index (χ2n) is 13.2. The fourth-order valence-electron chi connectivity index (χ4n) is 7.59. The highest BCUT2D eigenvalue weighted by Crippen LogP contribution is 2.41. The summed E-state index contributed by atoms with van der Waals surface area (Å²) in [4.78, 5) is 18.8. The summed E-state index contributed by atoms with van der Waals surface area (Å²) in [6.07, 6.45) is 8.53. The van der Waals surface area contributed by atoms with Crippen molar-refractivity contribution in [3.63, 3.8) is 0 Å². The van der Waals surface area contributed by atoms with E-state index in [1.165, 1.54) is 0 Å². The minimum Gasteiger partial charge on any atom is -0.470 e. The number of hydrogen-bond donors (Lipinski definition) is 0. The SMILES string of the molecule is O=CN(c1ccoc1)c1cccc(-c2nn(C3CCCCO3)c3ccc(-c4ncn(C(c5ccccc5)(c5ccccc5)c5ccccc5)n4)cc23)c1. The summed E-state index contributed by atoms with van der Waals surface area (Å²) < 4.78 is 15.5. The average Bonchev–Trinajstić information content (AvgIpc) is 4.02. The van der Waals surface area contributed by atoms with Gasteiger partial charge in [0, 0.05) is 34.9 Å². The minimum atomic E-state index is -0.784. The molecule has 1 fully saturated rings. The van der Waals surface area contributed by atoms with Gasteiger partial charge in [0.05, 0.1) is 17.5 Å². The van der Waals surface area contributed by atoms with Crippen LogP contribution < -0.4 is 4.90 Å². The Bertz CT molecular complexity index is 2370. The first-order valence-corrected chi connectivity index (χ1v) is 17.8. The zero-order valence-corrected chi connectivity index (χ0v) is 28.9. The molecular weight excluding hydrogens is 661 g/mol. The fourth-order valence-corrected chi connectivity index (χ4v) is 7.59. The Labute approximate surface area is 306 Å². The average molecular weight is 697 g/mol. The van der Waals surface area contributed by atoms with E-state index < -0.39 is 5.54 Å². The molecule has 0 spiro atoms. The number of rotatable bonds is 10. The van der Waals surface area contributed by atoms with Crippen molar-refractivity contribution in [2.45, 2.75) is 31.0 Å². The quantitative estimate of drug-likeness (QED) is 0.105. The Morgan fingerprint density at radius 2 is 1.43 bits per heavy atom. The molecule has 9 nitrogen and oxygen atoms in total. The van der Waals surface area contributed by atoms with Crippen LogP contribution in [-0.2, 0) is 15.1 Å². The first-order valence-electron chi connectivity index (χ1n) is 17.8. The third kappa shape index (κ3) is 5.71. The molecule has 1 atom stereocenters. The molecule has 260 valence electrons. The lowest BCUT2D eigenvalue weighted by Gasteiger charge is -2.35. The number of hydrogen-bond acceptors (Lipinski definition) is 6. The van der Waals surface area contributed by atoms with Crippen LogP contribution in [0.3, 0.4) is 0 Å². The molecule has 9 rings (SSSR count). The lowest BCUT2D eigenvalue weighted by atomic mass is 9.77. The van der Waals surface area contributed by atoms with Gasteiger partial charge < -0.3 is 9.15 Å². The lowest BCUT2D eigenvalue weighted by molar-refractivity contribution is -0.106. The van der Waals surface area contributed by atoms with Crippen LogP contribution in [0.25, 0.3) is 33.5 Å². The Kier molecular flexibility index (Phi) is 8.45. The van der Waals surface area contributed by atoms with Crippen LogP contribution in [0, 0.1) is 0 Å². The molecule has 0 aliphatic carbocycles. The van der Waals surface area contributed by atoms with Crippen molar-refractivity contribution < 1.29 is 13.9 Å². The fraction of sp³-hybridized carbons (Fsp3) is 0.136. The summed E-state index contributed by atoms with van der Waals surface area (Å²) >= 11 is 0. The van der Waals surface area contributed by atoms with Crippen LogP contribution in [0.15, 0.2) is 163 Å². The number of benzene rings is 5. The second kappa shape index (κ2) is 13.9. The maximum absolute atomic E-state index is 12.3. The molecule has 1 aliphatic rings. The molecule has 4 heterocycles. The summed E-state index contributed by atoms with van der Waals surface area (Å²) in [5.74, 6) is 0.590.